The average molecular weight is 429 g/mol. The highest BCUT2D eigenvalue weighted by atomic mass is 19.1. The molecule has 3 aromatic heterocycles. The molecule has 7 nitrogen and oxygen atoms in total. The van der Waals surface area contributed by atoms with Crippen molar-refractivity contribution in [3.63, 3.8) is 0 Å². The largest absolute Gasteiger partial charge is 0.497 e. The molecule has 32 heavy (non-hydrogen) atoms. The lowest BCUT2D eigenvalue weighted by atomic mass is 10.0. The Hall–Kier alpha value is -4.07. The van der Waals surface area contributed by atoms with Gasteiger partial charge in [0.2, 0.25) is 0 Å². The fourth-order valence-electron chi connectivity index (χ4n) is 3.84. The zero-order valence-corrected chi connectivity index (χ0v) is 17.6. The van der Waals surface area contributed by atoms with Gasteiger partial charge >= 0.3 is 0 Å². The Kier molecular flexibility index (Phi) is 4.89. The number of ether oxygens (including phenoxy) is 1. The Morgan fingerprint density at radius 1 is 1.00 bits per heavy atom. The summed E-state index contributed by atoms with van der Waals surface area (Å²) in [5, 5.41) is 13.3. The Balaban J connectivity index is 1.63. The van der Waals surface area contributed by atoms with Gasteiger partial charge in [-0.05, 0) is 47.9 Å². The van der Waals surface area contributed by atoms with Crippen LogP contribution in [0.4, 0.5) is 4.39 Å². The molecular weight excluding hydrogens is 409 g/mol. The minimum atomic E-state index is -0.308. The number of halogens is 1. The van der Waals surface area contributed by atoms with Crippen molar-refractivity contribution in [2.45, 2.75) is 19.9 Å². The lowest BCUT2D eigenvalue weighted by Crippen LogP contribution is -2.22. The van der Waals surface area contributed by atoms with Crippen LogP contribution < -0.4 is 10.3 Å². The average Bonchev–Trinajstić information content (AvgIpc) is 3.21. The molecule has 2 aromatic carbocycles. The summed E-state index contributed by atoms with van der Waals surface area (Å²) in [6.45, 7) is 2.39. The number of nitrogens with zero attached hydrogens (tertiary/aromatic N) is 5. The molecule has 0 amide bonds. The van der Waals surface area contributed by atoms with Gasteiger partial charge in [0.15, 0.2) is 11.2 Å². The normalized spacial score (nSPS) is 11.3. The monoisotopic (exact) mass is 429 g/mol. The van der Waals surface area contributed by atoms with E-state index in [0.29, 0.717) is 24.1 Å². The van der Waals surface area contributed by atoms with Crippen molar-refractivity contribution >= 4 is 16.7 Å². The van der Waals surface area contributed by atoms with E-state index < -0.39 is 0 Å². The van der Waals surface area contributed by atoms with E-state index in [1.165, 1.54) is 12.1 Å². The lowest BCUT2D eigenvalue weighted by molar-refractivity contribution is 0.414. The third-order valence-corrected chi connectivity index (χ3v) is 5.50. The second-order valence-corrected chi connectivity index (χ2v) is 7.45. The van der Waals surface area contributed by atoms with Crippen molar-refractivity contribution in [3.05, 3.63) is 88.2 Å². The van der Waals surface area contributed by atoms with Crippen molar-refractivity contribution in [1.29, 1.82) is 0 Å². The SMILES string of the molecule is CCc1nn2c(nnc3c(=O)n(Cc4ccc(OC)cc4)ccc32)c1-c1ccc(F)cc1. The van der Waals surface area contributed by atoms with Crippen LogP contribution >= 0.6 is 0 Å². The van der Waals surface area contributed by atoms with Crippen molar-refractivity contribution in [2.24, 2.45) is 0 Å². The molecule has 5 rings (SSSR count). The highest BCUT2D eigenvalue weighted by molar-refractivity contribution is 5.84. The predicted octanol–water partition coefficient (Wildman–Crippen LogP) is 3.86. The summed E-state index contributed by atoms with van der Waals surface area (Å²) in [7, 11) is 1.61. The van der Waals surface area contributed by atoms with Crippen LogP contribution in [-0.2, 0) is 13.0 Å². The summed E-state index contributed by atoms with van der Waals surface area (Å²) in [4.78, 5) is 13.1. The first-order valence-corrected chi connectivity index (χ1v) is 10.3. The molecule has 3 heterocycles. The Morgan fingerprint density at radius 2 is 1.75 bits per heavy atom. The van der Waals surface area contributed by atoms with Crippen molar-refractivity contribution < 1.29 is 9.13 Å². The molecule has 0 saturated carbocycles. The summed E-state index contributed by atoms with van der Waals surface area (Å²) in [5.74, 6) is 0.451. The second-order valence-electron chi connectivity index (χ2n) is 7.45. The lowest BCUT2D eigenvalue weighted by Gasteiger charge is -2.08. The molecule has 160 valence electrons. The van der Waals surface area contributed by atoms with E-state index in [4.69, 9.17) is 9.84 Å². The first-order chi connectivity index (χ1) is 15.6. The van der Waals surface area contributed by atoms with Crippen LogP contribution in [0, 0.1) is 5.82 Å². The molecule has 0 unspecified atom stereocenters. The highest BCUT2D eigenvalue weighted by Crippen LogP contribution is 2.29. The number of rotatable bonds is 5. The summed E-state index contributed by atoms with van der Waals surface area (Å²) in [5.41, 5.74) is 4.48. The maximum Gasteiger partial charge on any atom is 0.280 e. The molecule has 0 atom stereocenters. The summed E-state index contributed by atoms with van der Waals surface area (Å²) in [6.07, 6.45) is 2.40. The first-order valence-electron chi connectivity index (χ1n) is 10.3. The smallest absolute Gasteiger partial charge is 0.280 e. The standard InChI is InChI=1S/C24H20FN5O2/c1-3-19-21(16-6-8-17(25)9-7-16)23-27-26-22-20(30(23)28-19)12-13-29(24(22)31)14-15-4-10-18(32-2)11-5-15/h4-13H,3,14H2,1-2H3. The van der Waals surface area contributed by atoms with E-state index in [1.54, 1.807) is 34.5 Å². The number of methoxy groups -OCH3 is 1. The third kappa shape index (κ3) is 3.30. The summed E-state index contributed by atoms with van der Waals surface area (Å²) in [6, 6.07) is 15.6. The van der Waals surface area contributed by atoms with E-state index >= 15 is 0 Å². The number of hydrogen-bond acceptors (Lipinski definition) is 5. The van der Waals surface area contributed by atoms with Crippen molar-refractivity contribution in [1.82, 2.24) is 24.4 Å². The molecule has 5 aromatic rings. The molecule has 0 aliphatic rings. The number of benzene rings is 2. The van der Waals surface area contributed by atoms with Crippen LogP contribution in [0.3, 0.4) is 0 Å². The molecule has 0 radical (unpaired) electrons. The van der Waals surface area contributed by atoms with Crippen molar-refractivity contribution in [2.75, 3.05) is 7.11 Å². The molecule has 0 aliphatic carbocycles. The Labute approximate surface area is 182 Å². The molecule has 0 bridgehead atoms. The molecule has 8 heteroatoms. The van der Waals surface area contributed by atoms with Crippen LogP contribution in [0.25, 0.3) is 27.8 Å². The quantitative estimate of drug-likeness (QED) is 0.424. The van der Waals surface area contributed by atoms with E-state index in [-0.39, 0.29) is 16.9 Å². The third-order valence-electron chi connectivity index (χ3n) is 5.50. The molecular formula is C24H20FN5O2. The number of hydrogen-bond donors (Lipinski definition) is 0. The first kappa shape index (κ1) is 19.9. The number of pyridine rings is 1. The van der Waals surface area contributed by atoms with Gasteiger partial charge in [-0.3, -0.25) is 4.79 Å². The van der Waals surface area contributed by atoms with E-state index in [9.17, 15) is 9.18 Å². The van der Waals surface area contributed by atoms with Crippen LogP contribution in [-0.4, -0.2) is 31.5 Å². The van der Waals surface area contributed by atoms with Gasteiger partial charge in [-0.2, -0.15) is 5.10 Å². The molecule has 0 saturated heterocycles. The van der Waals surface area contributed by atoms with Gasteiger partial charge in [-0.1, -0.05) is 31.2 Å². The fourth-order valence-corrected chi connectivity index (χ4v) is 3.84. The maximum absolute atomic E-state index is 13.4. The van der Waals surface area contributed by atoms with E-state index in [0.717, 1.165) is 28.1 Å². The van der Waals surface area contributed by atoms with Crippen LogP contribution in [0.2, 0.25) is 0 Å². The maximum atomic E-state index is 13.4. The summed E-state index contributed by atoms with van der Waals surface area (Å²) < 4.78 is 21.8. The topological polar surface area (TPSA) is 74.3 Å². The van der Waals surface area contributed by atoms with Crippen LogP contribution in [0.1, 0.15) is 18.2 Å². The van der Waals surface area contributed by atoms with Gasteiger partial charge in [0.1, 0.15) is 17.1 Å². The van der Waals surface area contributed by atoms with Gasteiger partial charge in [0.05, 0.1) is 24.9 Å². The van der Waals surface area contributed by atoms with Crippen molar-refractivity contribution in [3.8, 4) is 16.9 Å². The van der Waals surface area contributed by atoms with Crippen LogP contribution in [0.15, 0.2) is 65.6 Å². The molecule has 0 spiro atoms. The number of fused-ring (bicyclic) bond motifs is 3. The van der Waals surface area contributed by atoms with Crippen LogP contribution in [0.5, 0.6) is 5.75 Å². The van der Waals surface area contributed by atoms with Gasteiger partial charge in [0, 0.05) is 6.20 Å². The molecule has 0 fully saturated rings. The van der Waals surface area contributed by atoms with E-state index in [1.807, 2.05) is 37.3 Å². The number of aromatic nitrogens is 5. The zero-order chi connectivity index (χ0) is 22.2. The fraction of sp³-hybridized carbons (Fsp3) is 0.167. The Bertz CT molecular complexity index is 1490. The predicted molar refractivity (Wildman–Crippen MR) is 119 cm³/mol. The highest BCUT2D eigenvalue weighted by Gasteiger charge is 2.18. The van der Waals surface area contributed by atoms with Gasteiger partial charge < -0.3 is 9.30 Å². The second kappa shape index (κ2) is 7.88. The minimum absolute atomic E-state index is 0.240. The van der Waals surface area contributed by atoms with E-state index in [2.05, 4.69) is 10.2 Å². The minimum Gasteiger partial charge on any atom is -0.497 e. The zero-order valence-electron chi connectivity index (χ0n) is 17.6. The summed E-state index contributed by atoms with van der Waals surface area (Å²) >= 11 is 0. The molecule has 0 N–H and O–H groups in total. The Morgan fingerprint density at radius 3 is 2.44 bits per heavy atom. The van der Waals surface area contributed by atoms with Gasteiger partial charge in [-0.25, -0.2) is 8.91 Å². The van der Waals surface area contributed by atoms with Gasteiger partial charge in [-0.15, -0.1) is 10.2 Å². The van der Waals surface area contributed by atoms with Gasteiger partial charge in [0.25, 0.3) is 5.56 Å². The number of aryl methyl sites for hydroxylation is 1. The molecule has 0 aliphatic heterocycles.